The van der Waals surface area contributed by atoms with Crippen LogP contribution in [-0.2, 0) is 0 Å². The quantitative estimate of drug-likeness (QED) is 0.849. The van der Waals surface area contributed by atoms with Crippen molar-refractivity contribution in [2.24, 2.45) is 0 Å². The lowest BCUT2D eigenvalue weighted by atomic mass is 10.1. The molecule has 0 radical (unpaired) electrons. The molecule has 1 amide bonds. The minimum Gasteiger partial charge on any atom is -0.496 e. The molecular weight excluding hydrogens is 264 g/mol. The van der Waals surface area contributed by atoms with E-state index in [1.165, 1.54) is 21.3 Å². The number of rotatable bonds is 5. The van der Waals surface area contributed by atoms with Crippen LogP contribution < -0.4 is 19.5 Å². The third-order valence-electron chi connectivity index (χ3n) is 2.53. The lowest BCUT2D eigenvalue weighted by molar-refractivity contribution is 0.102. The SMILES string of the molecule is COc1n[nH]c(NC(=O)c2c(OC)cccc2OC)n1. The number of H-pyrrole nitrogens is 1. The zero-order chi connectivity index (χ0) is 14.5. The molecule has 0 atom stereocenters. The summed E-state index contributed by atoms with van der Waals surface area (Å²) in [6.07, 6.45) is 0. The molecule has 20 heavy (non-hydrogen) atoms. The number of hydrogen-bond donors (Lipinski definition) is 2. The van der Waals surface area contributed by atoms with E-state index in [0.29, 0.717) is 11.5 Å². The Balaban J connectivity index is 2.28. The number of carbonyl (C=O) groups is 1. The highest BCUT2D eigenvalue weighted by atomic mass is 16.5. The number of ether oxygens (including phenoxy) is 3. The second-order valence-electron chi connectivity index (χ2n) is 3.66. The van der Waals surface area contributed by atoms with Gasteiger partial charge in [0.2, 0.25) is 5.95 Å². The normalized spacial score (nSPS) is 9.95. The van der Waals surface area contributed by atoms with Gasteiger partial charge in [-0.15, -0.1) is 5.10 Å². The monoisotopic (exact) mass is 278 g/mol. The van der Waals surface area contributed by atoms with Gasteiger partial charge in [-0.3, -0.25) is 10.1 Å². The number of aromatic amines is 1. The lowest BCUT2D eigenvalue weighted by Gasteiger charge is -2.11. The molecule has 0 spiro atoms. The Morgan fingerprint density at radius 3 is 2.30 bits per heavy atom. The Bertz CT molecular complexity index is 589. The third-order valence-corrected chi connectivity index (χ3v) is 2.53. The first-order valence-electron chi connectivity index (χ1n) is 5.68. The Morgan fingerprint density at radius 1 is 1.15 bits per heavy atom. The molecule has 0 aliphatic heterocycles. The zero-order valence-corrected chi connectivity index (χ0v) is 11.3. The molecule has 1 aromatic heterocycles. The second-order valence-corrected chi connectivity index (χ2v) is 3.66. The van der Waals surface area contributed by atoms with Crippen molar-refractivity contribution in [3.63, 3.8) is 0 Å². The van der Waals surface area contributed by atoms with Gasteiger partial charge in [0.25, 0.3) is 5.91 Å². The van der Waals surface area contributed by atoms with Gasteiger partial charge in [0.05, 0.1) is 21.3 Å². The summed E-state index contributed by atoms with van der Waals surface area (Å²) in [6, 6.07) is 5.19. The van der Waals surface area contributed by atoms with E-state index in [1.54, 1.807) is 18.2 Å². The van der Waals surface area contributed by atoms with Crippen LogP contribution in [-0.4, -0.2) is 42.4 Å². The van der Waals surface area contributed by atoms with Crippen LogP contribution in [0.2, 0.25) is 0 Å². The summed E-state index contributed by atoms with van der Waals surface area (Å²) in [7, 11) is 4.38. The standard InChI is InChI=1S/C12H14N4O4/c1-18-7-5-4-6-8(19-2)9(7)10(17)13-11-14-12(20-3)16-15-11/h4-6H,1-3H3,(H2,13,14,15,16,17). The highest BCUT2D eigenvalue weighted by Gasteiger charge is 2.19. The van der Waals surface area contributed by atoms with Crippen molar-refractivity contribution in [2.75, 3.05) is 26.6 Å². The number of benzene rings is 1. The van der Waals surface area contributed by atoms with Crippen molar-refractivity contribution < 1.29 is 19.0 Å². The van der Waals surface area contributed by atoms with E-state index < -0.39 is 5.91 Å². The van der Waals surface area contributed by atoms with Gasteiger partial charge >= 0.3 is 6.01 Å². The molecule has 0 saturated heterocycles. The van der Waals surface area contributed by atoms with E-state index in [0.717, 1.165) is 0 Å². The molecule has 2 N–H and O–H groups in total. The summed E-state index contributed by atoms with van der Waals surface area (Å²) in [4.78, 5) is 16.2. The predicted octanol–water partition coefficient (Wildman–Crippen LogP) is 1.08. The first-order chi connectivity index (χ1) is 9.69. The van der Waals surface area contributed by atoms with Crippen LogP contribution in [0.4, 0.5) is 5.95 Å². The Hall–Kier alpha value is -2.77. The fourth-order valence-electron chi connectivity index (χ4n) is 1.64. The Labute approximate surface area is 115 Å². The Morgan fingerprint density at radius 2 is 1.80 bits per heavy atom. The second kappa shape index (κ2) is 5.91. The number of anilines is 1. The summed E-state index contributed by atoms with van der Waals surface area (Å²) < 4.78 is 15.1. The van der Waals surface area contributed by atoms with Crippen molar-refractivity contribution in [2.45, 2.75) is 0 Å². The molecule has 8 heteroatoms. The maximum absolute atomic E-state index is 12.3. The van der Waals surface area contributed by atoms with E-state index in [1.807, 2.05) is 0 Å². The van der Waals surface area contributed by atoms with Crippen LogP contribution in [0.15, 0.2) is 18.2 Å². The van der Waals surface area contributed by atoms with Crippen molar-refractivity contribution >= 4 is 11.9 Å². The molecule has 1 aromatic carbocycles. The fraction of sp³-hybridized carbons (Fsp3) is 0.250. The molecule has 2 aromatic rings. The largest absolute Gasteiger partial charge is 0.496 e. The number of carbonyl (C=O) groups excluding carboxylic acids is 1. The first kappa shape index (κ1) is 13.7. The molecule has 0 saturated carbocycles. The highest BCUT2D eigenvalue weighted by molar-refractivity contribution is 6.07. The van der Waals surface area contributed by atoms with Gasteiger partial charge < -0.3 is 14.2 Å². The molecule has 2 rings (SSSR count). The van der Waals surface area contributed by atoms with Crippen LogP contribution in [0.5, 0.6) is 17.5 Å². The van der Waals surface area contributed by atoms with Gasteiger partial charge in [-0.2, -0.15) is 4.98 Å². The molecule has 0 aliphatic carbocycles. The number of hydrogen-bond acceptors (Lipinski definition) is 6. The molecule has 8 nitrogen and oxygen atoms in total. The topological polar surface area (TPSA) is 98.4 Å². The molecule has 0 bridgehead atoms. The van der Waals surface area contributed by atoms with E-state index in [-0.39, 0.29) is 17.5 Å². The number of amides is 1. The fourth-order valence-corrected chi connectivity index (χ4v) is 1.64. The third kappa shape index (κ3) is 2.63. The van der Waals surface area contributed by atoms with Crippen molar-refractivity contribution in [1.29, 1.82) is 0 Å². The average Bonchev–Trinajstić information content (AvgIpc) is 2.93. The van der Waals surface area contributed by atoms with Crippen molar-refractivity contribution in [3.8, 4) is 17.5 Å². The number of nitrogens with zero attached hydrogens (tertiary/aromatic N) is 2. The van der Waals surface area contributed by atoms with Crippen LogP contribution in [0.3, 0.4) is 0 Å². The number of methoxy groups -OCH3 is 3. The van der Waals surface area contributed by atoms with Gasteiger partial charge in [0.15, 0.2) is 0 Å². The predicted molar refractivity (Wildman–Crippen MR) is 70.4 cm³/mol. The molecule has 106 valence electrons. The summed E-state index contributed by atoms with van der Waals surface area (Å²) in [6.45, 7) is 0. The van der Waals surface area contributed by atoms with Gasteiger partial charge in [0.1, 0.15) is 17.1 Å². The van der Waals surface area contributed by atoms with Gasteiger partial charge in [-0.25, -0.2) is 5.10 Å². The zero-order valence-electron chi connectivity index (χ0n) is 11.3. The molecule has 1 heterocycles. The number of aromatic nitrogens is 3. The van der Waals surface area contributed by atoms with Crippen molar-refractivity contribution in [1.82, 2.24) is 15.2 Å². The maximum atomic E-state index is 12.3. The van der Waals surface area contributed by atoms with Crippen LogP contribution in [0, 0.1) is 0 Å². The summed E-state index contributed by atoms with van der Waals surface area (Å²) in [5.41, 5.74) is 0.271. The molecule has 0 fully saturated rings. The summed E-state index contributed by atoms with van der Waals surface area (Å²) >= 11 is 0. The van der Waals surface area contributed by atoms with Crippen LogP contribution in [0.1, 0.15) is 10.4 Å². The Kier molecular flexibility index (Phi) is 4.04. The highest BCUT2D eigenvalue weighted by Crippen LogP contribution is 2.28. The van der Waals surface area contributed by atoms with Gasteiger partial charge in [-0.05, 0) is 12.1 Å². The van der Waals surface area contributed by atoms with E-state index >= 15 is 0 Å². The van der Waals surface area contributed by atoms with Gasteiger partial charge in [0, 0.05) is 0 Å². The van der Waals surface area contributed by atoms with Crippen LogP contribution >= 0.6 is 0 Å². The van der Waals surface area contributed by atoms with E-state index in [4.69, 9.17) is 14.2 Å². The number of nitrogens with one attached hydrogen (secondary N) is 2. The summed E-state index contributed by atoms with van der Waals surface area (Å²) in [5.74, 6) is 0.527. The van der Waals surface area contributed by atoms with E-state index in [2.05, 4.69) is 20.5 Å². The first-order valence-corrected chi connectivity index (χ1v) is 5.68. The molecular formula is C12H14N4O4. The minimum atomic E-state index is -0.432. The van der Waals surface area contributed by atoms with Crippen LogP contribution in [0.25, 0.3) is 0 Å². The lowest BCUT2D eigenvalue weighted by Crippen LogP contribution is -2.15. The molecule has 0 aliphatic rings. The minimum absolute atomic E-state index is 0.132. The summed E-state index contributed by atoms with van der Waals surface area (Å²) in [5, 5.41) is 8.82. The van der Waals surface area contributed by atoms with E-state index in [9.17, 15) is 4.79 Å². The van der Waals surface area contributed by atoms with Crippen molar-refractivity contribution in [3.05, 3.63) is 23.8 Å². The maximum Gasteiger partial charge on any atom is 0.336 e. The molecule has 0 unspecified atom stereocenters. The smallest absolute Gasteiger partial charge is 0.336 e. The average molecular weight is 278 g/mol. The van der Waals surface area contributed by atoms with Gasteiger partial charge in [-0.1, -0.05) is 6.07 Å².